The molecule has 0 bridgehead atoms. The van der Waals surface area contributed by atoms with E-state index >= 15 is 0 Å². The van der Waals surface area contributed by atoms with E-state index in [0.717, 1.165) is 18.6 Å². The summed E-state index contributed by atoms with van der Waals surface area (Å²) in [5.74, 6) is -0.152. The molecule has 7 nitrogen and oxygen atoms in total. The van der Waals surface area contributed by atoms with Gasteiger partial charge in [-0.15, -0.1) is 0 Å². The fourth-order valence-corrected chi connectivity index (χ4v) is 4.20. The maximum atomic E-state index is 12.3. The summed E-state index contributed by atoms with van der Waals surface area (Å²) < 4.78 is 30.7. The van der Waals surface area contributed by atoms with Crippen LogP contribution in [0.15, 0.2) is 12.5 Å². The Kier molecular flexibility index (Phi) is 5.24. The third-order valence-electron chi connectivity index (χ3n) is 4.80. The first-order chi connectivity index (χ1) is 11.4. The molecule has 0 radical (unpaired) electrons. The van der Waals surface area contributed by atoms with E-state index < -0.39 is 15.6 Å². The Balaban J connectivity index is 1.61. The van der Waals surface area contributed by atoms with Crippen molar-refractivity contribution in [1.29, 1.82) is 0 Å². The van der Waals surface area contributed by atoms with Crippen molar-refractivity contribution in [2.24, 2.45) is 5.92 Å². The van der Waals surface area contributed by atoms with Gasteiger partial charge in [-0.1, -0.05) is 12.8 Å². The van der Waals surface area contributed by atoms with Crippen LogP contribution in [0.25, 0.3) is 0 Å². The summed E-state index contributed by atoms with van der Waals surface area (Å²) in [5.41, 5.74) is 0.914. The van der Waals surface area contributed by atoms with E-state index in [9.17, 15) is 13.2 Å². The molecule has 2 aliphatic rings. The topological polar surface area (TPSA) is 81.5 Å². The molecule has 0 aromatic carbocycles. The number of hydrogen-bond donors (Lipinski definition) is 0. The van der Waals surface area contributed by atoms with Crippen LogP contribution in [0, 0.1) is 5.92 Å². The molecule has 3 rings (SSSR count). The van der Waals surface area contributed by atoms with Gasteiger partial charge in [0.05, 0.1) is 31.2 Å². The lowest BCUT2D eigenvalue weighted by Crippen LogP contribution is -2.44. The maximum Gasteiger partial charge on any atom is 0.238 e. The van der Waals surface area contributed by atoms with Crippen LogP contribution in [0.1, 0.15) is 37.4 Å². The van der Waals surface area contributed by atoms with Crippen molar-refractivity contribution in [3.63, 3.8) is 0 Å². The lowest BCUT2D eigenvalue weighted by atomic mass is 10.1. The third kappa shape index (κ3) is 4.36. The first-order valence-electron chi connectivity index (χ1n) is 8.46. The van der Waals surface area contributed by atoms with Gasteiger partial charge in [0.15, 0.2) is 9.84 Å². The third-order valence-corrected chi connectivity index (χ3v) is 5.57. The maximum absolute atomic E-state index is 12.3. The Morgan fingerprint density at radius 2 is 2.08 bits per heavy atom. The highest BCUT2D eigenvalue weighted by molar-refractivity contribution is 7.91. The molecule has 0 saturated heterocycles. The monoisotopic (exact) mass is 355 g/mol. The summed E-state index contributed by atoms with van der Waals surface area (Å²) in [6, 6.07) is -0.0128. The first kappa shape index (κ1) is 17.4. The molecule has 8 heteroatoms. The molecule has 1 atom stereocenters. The Morgan fingerprint density at radius 3 is 2.79 bits per heavy atom. The van der Waals surface area contributed by atoms with Crippen molar-refractivity contribution in [1.82, 2.24) is 14.5 Å². The number of amides is 1. The zero-order chi connectivity index (χ0) is 17.2. The normalized spacial score (nSPS) is 21.9. The lowest BCUT2D eigenvalue weighted by Gasteiger charge is -2.34. The number of rotatable bonds is 6. The van der Waals surface area contributed by atoms with E-state index in [1.807, 2.05) is 4.57 Å². The van der Waals surface area contributed by atoms with Gasteiger partial charge in [0.1, 0.15) is 5.75 Å². The fraction of sp³-hybridized carbons (Fsp3) is 0.750. The van der Waals surface area contributed by atoms with Gasteiger partial charge in [-0.25, -0.2) is 13.4 Å². The Labute approximate surface area is 142 Å². The number of sulfone groups is 1. The van der Waals surface area contributed by atoms with E-state index in [-0.39, 0.29) is 11.9 Å². The molecule has 0 unspecified atom stereocenters. The van der Waals surface area contributed by atoms with E-state index in [1.54, 1.807) is 17.4 Å². The van der Waals surface area contributed by atoms with Crippen molar-refractivity contribution in [3.8, 4) is 0 Å². The van der Waals surface area contributed by atoms with E-state index in [0.29, 0.717) is 25.6 Å². The minimum Gasteiger partial charge on any atom is -0.379 e. The molecule has 1 aliphatic heterocycles. The quantitative estimate of drug-likeness (QED) is 0.761. The predicted molar refractivity (Wildman–Crippen MR) is 89.2 cm³/mol. The standard InChI is InChI=1S/C16H25N3O4S/c1-24(21,22)11-16(20)18-7-14-6-17-12-19(14)15(8-18)10-23-9-13-4-2-3-5-13/h6,12-13,15H,2-5,7-11H2,1H3/t15-/m0/s1. The van der Waals surface area contributed by atoms with E-state index in [1.165, 1.54) is 25.7 Å². The first-order valence-corrected chi connectivity index (χ1v) is 10.5. The number of ether oxygens (including phenoxy) is 1. The molecule has 1 amide bonds. The Bertz CT molecular complexity index is 679. The summed E-state index contributed by atoms with van der Waals surface area (Å²) >= 11 is 0. The minimum atomic E-state index is -3.33. The number of nitrogens with zero attached hydrogens (tertiary/aromatic N) is 3. The van der Waals surface area contributed by atoms with Crippen LogP contribution in [-0.4, -0.2) is 60.5 Å². The van der Waals surface area contributed by atoms with Gasteiger partial charge >= 0.3 is 0 Å². The number of aromatic nitrogens is 2. The van der Waals surface area contributed by atoms with Crippen LogP contribution in [-0.2, 0) is 25.9 Å². The van der Waals surface area contributed by atoms with E-state index in [2.05, 4.69) is 4.98 Å². The summed E-state index contributed by atoms with van der Waals surface area (Å²) in [7, 11) is -3.33. The van der Waals surface area contributed by atoms with Crippen LogP contribution < -0.4 is 0 Å². The van der Waals surface area contributed by atoms with E-state index in [4.69, 9.17) is 4.74 Å². The van der Waals surface area contributed by atoms with Gasteiger partial charge in [-0.2, -0.15) is 0 Å². The van der Waals surface area contributed by atoms with Gasteiger partial charge in [0.25, 0.3) is 0 Å². The Hall–Kier alpha value is -1.41. The molecule has 1 aliphatic carbocycles. The highest BCUT2D eigenvalue weighted by Gasteiger charge is 2.29. The molecule has 1 aromatic heterocycles. The van der Waals surface area contributed by atoms with Crippen LogP contribution >= 0.6 is 0 Å². The number of carbonyl (C=O) groups is 1. The largest absolute Gasteiger partial charge is 0.379 e. The van der Waals surface area contributed by atoms with Crippen molar-refractivity contribution in [2.45, 2.75) is 38.3 Å². The summed E-state index contributed by atoms with van der Waals surface area (Å²) in [4.78, 5) is 18.0. The number of carbonyl (C=O) groups excluding carboxylic acids is 1. The van der Waals surface area contributed by atoms with Gasteiger partial charge in [-0.3, -0.25) is 4.79 Å². The van der Waals surface area contributed by atoms with Crippen LogP contribution in [0.5, 0.6) is 0 Å². The molecule has 134 valence electrons. The number of hydrogen-bond acceptors (Lipinski definition) is 5. The van der Waals surface area contributed by atoms with Gasteiger partial charge < -0.3 is 14.2 Å². The summed E-state index contributed by atoms with van der Waals surface area (Å²) in [6.07, 6.45) is 9.62. The zero-order valence-corrected chi connectivity index (χ0v) is 14.9. The molecule has 1 aromatic rings. The average Bonchev–Trinajstić information content (AvgIpc) is 3.15. The summed E-state index contributed by atoms with van der Waals surface area (Å²) in [6.45, 7) is 2.14. The SMILES string of the molecule is CS(=O)(=O)CC(=O)N1Cc2cncn2[C@H](COCC2CCCC2)C1. The smallest absolute Gasteiger partial charge is 0.238 e. The molecule has 0 N–H and O–H groups in total. The summed E-state index contributed by atoms with van der Waals surface area (Å²) in [5, 5.41) is 0. The molecular formula is C16H25N3O4S. The molecule has 2 heterocycles. The highest BCUT2D eigenvalue weighted by Crippen LogP contribution is 2.26. The van der Waals surface area contributed by atoms with Gasteiger partial charge in [-0.05, 0) is 18.8 Å². The van der Waals surface area contributed by atoms with Crippen LogP contribution in [0.2, 0.25) is 0 Å². The number of fused-ring (bicyclic) bond motifs is 1. The van der Waals surface area contributed by atoms with Crippen molar-refractivity contribution < 1.29 is 17.9 Å². The molecule has 0 spiro atoms. The molecule has 24 heavy (non-hydrogen) atoms. The van der Waals surface area contributed by atoms with Crippen molar-refractivity contribution >= 4 is 15.7 Å². The van der Waals surface area contributed by atoms with Crippen molar-refractivity contribution in [2.75, 3.05) is 31.8 Å². The van der Waals surface area contributed by atoms with Crippen LogP contribution in [0.3, 0.4) is 0 Å². The fourth-order valence-electron chi connectivity index (χ4n) is 3.57. The average molecular weight is 355 g/mol. The minimum absolute atomic E-state index is 0.0128. The second-order valence-electron chi connectivity index (χ2n) is 6.98. The molecule has 1 fully saturated rings. The highest BCUT2D eigenvalue weighted by atomic mass is 32.2. The Morgan fingerprint density at radius 1 is 1.33 bits per heavy atom. The van der Waals surface area contributed by atoms with Gasteiger partial charge in [0, 0.05) is 25.6 Å². The zero-order valence-electron chi connectivity index (χ0n) is 14.1. The second-order valence-corrected chi connectivity index (χ2v) is 9.12. The van der Waals surface area contributed by atoms with Gasteiger partial charge in [0.2, 0.25) is 5.91 Å². The predicted octanol–water partition coefficient (Wildman–Crippen LogP) is 1.02. The lowest BCUT2D eigenvalue weighted by molar-refractivity contribution is -0.130. The second kappa shape index (κ2) is 7.23. The molecule has 1 saturated carbocycles. The van der Waals surface area contributed by atoms with Crippen molar-refractivity contribution in [3.05, 3.63) is 18.2 Å². The molecular weight excluding hydrogens is 330 g/mol. The number of imidazole rings is 1. The van der Waals surface area contributed by atoms with Crippen LogP contribution in [0.4, 0.5) is 0 Å².